The van der Waals surface area contributed by atoms with Crippen molar-refractivity contribution in [3.63, 3.8) is 0 Å². The molecule has 3 aromatic carbocycles. The van der Waals surface area contributed by atoms with Crippen LogP contribution in [0.2, 0.25) is 0 Å². The lowest BCUT2D eigenvalue weighted by molar-refractivity contribution is -0.137. The topological polar surface area (TPSA) is 78.5 Å². The minimum atomic E-state index is -1.39. The third-order valence-corrected chi connectivity index (χ3v) is 8.91. The van der Waals surface area contributed by atoms with E-state index in [1.165, 1.54) is 0 Å². The van der Waals surface area contributed by atoms with Crippen LogP contribution in [-0.2, 0) is 27.0 Å². The average molecular weight is 478 g/mol. The number of ketones is 1. The van der Waals surface area contributed by atoms with Crippen molar-refractivity contribution in [2.45, 2.75) is 43.2 Å². The Morgan fingerprint density at radius 3 is 2.44 bits per heavy atom. The van der Waals surface area contributed by atoms with Crippen LogP contribution < -0.4 is 10.6 Å². The molecule has 4 atom stereocenters. The number of hydrogen-bond acceptors (Lipinski definition) is 4. The Kier molecular flexibility index (Phi) is 4.40. The smallest absolute Gasteiger partial charge is 0.251 e. The van der Waals surface area contributed by atoms with Crippen LogP contribution in [0, 0.1) is 5.92 Å². The van der Waals surface area contributed by atoms with Gasteiger partial charge in [0.15, 0.2) is 5.78 Å². The molecule has 6 heteroatoms. The molecule has 2 spiro atoms. The third kappa shape index (κ3) is 2.33. The maximum Gasteiger partial charge on any atom is 0.251 e. The summed E-state index contributed by atoms with van der Waals surface area (Å²) in [6.45, 7) is 2.74. The van der Waals surface area contributed by atoms with Gasteiger partial charge in [0.1, 0.15) is 11.0 Å². The number of benzene rings is 3. The van der Waals surface area contributed by atoms with Gasteiger partial charge in [-0.2, -0.15) is 0 Å². The summed E-state index contributed by atoms with van der Waals surface area (Å²) in [6.07, 6.45) is 2.45. The number of para-hydroxylation sites is 1. The molecule has 4 heterocycles. The Bertz CT molecular complexity index is 1450. The molecule has 2 N–H and O–H groups in total. The van der Waals surface area contributed by atoms with Gasteiger partial charge >= 0.3 is 0 Å². The fourth-order valence-corrected chi connectivity index (χ4v) is 7.63. The number of anilines is 2. The molecule has 180 valence electrons. The zero-order valence-corrected chi connectivity index (χ0v) is 20.1. The van der Waals surface area contributed by atoms with Gasteiger partial charge in [-0.1, -0.05) is 67.6 Å². The maximum absolute atomic E-state index is 14.4. The molecular formula is C30H27N3O3. The van der Waals surface area contributed by atoms with Crippen molar-refractivity contribution in [3.05, 3.63) is 95.1 Å². The van der Waals surface area contributed by atoms with E-state index in [0.29, 0.717) is 17.8 Å². The number of nitrogens with one attached hydrogen (secondary N) is 2. The number of aryl methyl sites for hydroxylation is 1. The second kappa shape index (κ2) is 7.37. The van der Waals surface area contributed by atoms with Gasteiger partial charge in [-0.3, -0.25) is 19.3 Å². The van der Waals surface area contributed by atoms with Gasteiger partial charge in [0, 0.05) is 28.5 Å². The van der Waals surface area contributed by atoms with E-state index in [9.17, 15) is 14.4 Å². The van der Waals surface area contributed by atoms with Crippen LogP contribution in [0.15, 0.2) is 72.8 Å². The highest BCUT2D eigenvalue weighted by molar-refractivity contribution is 6.21. The number of hydrogen-bond donors (Lipinski definition) is 2. The Hall–Kier alpha value is -3.77. The van der Waals surface area contributed by atoms with E-state index in [0.717, 1.165) is 41.6 Å². The summed E-state index contributed by atoms with van der Waals surface area (Å²) in [5.74, 6) is -1.26. The van der Waals surface area contributed by atoms with E-state index in [2.05, 4.69) is 28.5 Å². The van der Waals surface area contributed by atoms with Crippen molar-refractivity contribution >= 4 is 29.0 Å². The lowest BCUT2D eigenvalue weighted by atomic mass is 9.57. The molecule has 3 aromatic rings. The summed E-state index contributed by atoms with van der Waals surface area (Å²) in [4.78, 5) is 45.5. The fraction of sp³-hybridized carbons (Fsp3) is 0.300. The number of amides is 2. The molecule has 2 saturated heterocycles. The van der Waals surface area contributed by atoms with E-state index < -0.39 is 16.9 Å². The van der Waals surface area contributed by atoms with Crippen molar-refractivity contribution in [1.82, 2.24) is 4.90 Å². The Balaban J connectivity index is 1.60. The van der Waals surface area contributed by atoms with Gasteiger partial charge in [-0.25, -0.2) is 0 Å². The molecule has 0 bridgehead atoms. The van der Waals surface area contributed by atoms with Crippen LogP contribution in [-0.4, -0.2) is 35.1 Å². The third-order valence-electron chi connectivity index (χ3n) is 8.91. The molecule has 0 radical (unpaired) electrons. The number of Topliss-reactive ketones (excluding diaryl/α,β-unsaturated/α-hetero) is 1. The minimum absolute atomic E-state index is 0.0795. The van der Waals surface area contributed by atoms with Crippen molar-refractivity contribution in [3.8, 4) is 0 Å². The highest BCUT2D eigenvalue weighted by Gasteiger charge is 2.81. The maximum atomic E-state index is 14.4. The predicted octanol–water partition coefficient (Wildman–Crippen LogP) is 4.26. The van der Waals surface area contributed by atoms with Gasteiger partial charge in [0.25, 0.3) is 5.91 Å². The van der Waals surface area contributed by atoms with Crippen LogP contribution in [0.4, 0.5) is 11.4 Å². The summed E-state index contributed by atoms with van der Waals surface area (Å²) >= 11 is 0. The van der Waals surface area contributed by atoms with Gasteiger partial charge in [0.05, 0.1) is 5.92 Å². The molecule has 4 aliphatic rings. The number of nitrogens with zero attached hydrogens (tertiary/aromatic N) is 1. The van der Waals surface area contributed by atoms with Gasteiger partial charge < -0.3 is 10.6 Å². The zero-order chi connectivity index (χ0) is 24.7. The van der Waals surface area contributed by atoms with Crippen LogP contribution >= 0.6 is 0 Å². The normalized spacial score (nSPS) is 29.8. The van der Waals surface area contributed by atoms with Crippen LogP contribution in [0.1, 0.15) is 46.8 Å². The monoisotopic (exact) mass is 477 g/mol. The number of rotatable bonds is 3. The van der Waals surface area contributed by atoms with Crippen LogP contribution in [0.25, 0.3) is 0 Å². The molecule has 36 heavy (non-hydrogen) atoms. The lowest BCUT2D eigenvalue weighted by Gasteiger charge is -2.43. The zero-order valence-electron chi connectivity index (χ0n) is 20.1. The first-order valence-corrected chi connectivity index (χ1v) is 12.8. The Morgan fingerprint density at radius 1 is 0.917 bits per heavy atom. The van der Waals surface area contributed by atoms with Crippen molar-refractivity contribution in [1.29, 1.82) is 0 Å². The first-order chi connectivity index (χ1) is 17.5. The molecule has 0 aromatic heterocycles. The quantitative estimate of drug-likeness (QED) is 0.553. The summed E-state index contributed by atoms with van der Waals surface area (Å²) in [6, 6.07) is 22.6. The van der Waals surface area contributed by atoms with E-state index >= 15 is 0 Å². The van der Waals surface area contributed by atoms with E-state index in [-0.39, 0.29) is 23.6 Å². The lowest BCUT2D eigenvalue weighted by Crippen LogP contribution is -2.62. The van der Waals surface area contributed by atoms with Crippen molar-refractivity contribution in [2.75, 3.05) is 17.2 Å². The summed E-state index contributed by atoms with van der Waals surface area (Å²) < 4.78 is 0. The molecule has 0 saturated carbocycles. The van der Waals surface area contributed by atoms with Gasteiger partial charge in [-0.05, 0) is 49.1 Å². The fourth-order valence-electron chi connectivity index (χ4n) is 7.63. The molecule has 2 fully saturated rings. The molecule has 4 aliphatic heterocycles. The summed E-state index contributed by atoms with van der Waals surface area (Å²) in [7, 11) is 0. The standard InChI is InChI=1S/C30H27N3O3/c1-2-18-14-15-23-21(17-18)30(28(36)32-23)29(20-11-6-7-12-22(20)31-27(29)35)25(24-13-8-16-33(24)30)26(34)19-9-4-3-5-10-19/h3-7,9-12,14-15,17,24-25H,2,8,13,16H2,1H3,(H,31,35)(H,32,36)/t24-,25-,29+,30+/m0/s1. The molecule has 7 rings (SSSR count). The van der Waals surface area contributed by atoms with E-state index in [1.54, 1.807) is 0 Å². The summed E-state index contributed by atoms with van der Waals surface area (Å²) in [5, 5.41) is 6.21. The molecule has 6 nitrogen and oxygen atoms in total. The highest BCUT2D eigenvalue weighted by atomic mass is 16.2. The number of carbonyl (C=O) groups excluding carboxylic acids is 3. The second-order valence-corrected chi connectivity index (χ2v) is 10.3. The van der Waals surface area contributed by atoms with Gasteiger partial charge in [-0.15, -0.1) is 0 Å². The average Bonchev–Trinajstić information content (AvgIpc) is 3.62. The molecule has 0 unspecified atom stereocenters. The second-order valence-electron chi connectivity index (χ2n) is 10.3. The molecule has 2 amide bonds. The number of carbonyl (C=O) groups is 3. The van der Waals surface area contributed by atoms with E-state index in [4.69, 9.17) is 0 Å². The summed E-state index contributed by atoms with van der Waals surface area (Å²) in [5.41, 5.74) is 1.94. The van der Waals surface area contributed by atoms with Crippen molar-refractivity contribution < 1.29 is 14.4 Å². The van der Waals surface area contributed by atoms with Gasteiger partial charge in [0.2, 0.25) is 5.91 Å². The first kappa shape index (κ1) is 21.5. The minimum Gasteiger partial charge on any atom is -0.325 e. The van der Waals surface area contributed by atoms with Crippen molar-refractivity contribution in [2.24, 2.45) is 5.92 Å². The Morgan fingerprint density at radius 2 is 1.64 bits per heavy atom. The highest BCUT2D eigenvalue weighted by Crippen LogP contribution is 2.67. The molecular weight excluding hydrogens is 450 g/mol. The van der Waals surface area contributed by atoms with Crippen LogP contribution in [0.3, 0.4) is 0 Å². The molecule has 0 aliphatic carbocycles. The SMILES string of the molecule is CCc1ccc2c(c1)[C@]1(C(=O)N2)N2CCC[C@H]2[C@@H](C(=O)c2ccccc2)[C@]12C(=O)Nc1ccccc12. The first-order valence-electron chi connectivity index (χ1n) is 12.8. The van der Waals surface area contributed by atoms with Crippen LogP contribution in [0.5, 0.6) is 0 Å². The predicted molar refractivity (Wildman–Crippen MR) is 137 cm³/mol. The number of fused-ring (bicyclic) bond motifs is 7. The Labute approximate surface area is 209 Å². The van der Waals surface area contributed by atoms with E-state index in [1.807, 2.05) is 66.7 Å². The largest absolute Gasteiger partial charge is 0.325 e.